The molecule has 116 valence electrons. The minimum atomic E-state index is -0.322. The molecule has 1 heterocycles. The lowest BCUT2D eigenvalue weighted by molar-refractivity contribution is -0.108. The normalized spacial score (nSPS) is 26.0. The Labute approximate surface area is 125 Å². The Bertz CT molecular complexity index is 498. The number of nitrogens with two attached hydrogens (primary N) is 1. The summed E-state index contributed by atoms with van der Waals surface area (Å²) >= 11 is 0. The van der Waals surface area contributed by atoms with Crippen LogP contribution in [0.1, 0.15) is 57.1 Å². The molecule has 1 saturated heterocycles. The Morgan fingerprint density at radius 3 is 2.81 bits per heavy atom. The van der Waals surface area contributed by atoms with Crippen LogP contribution in [0.25, 0.3) is 0 Å². The maximum atomic E-state index is 14.1. The molecule has 1 aliphatic carbocycles. The maximum Gasteiger partial charge on any atom is 0.165 e. The van der Waals surface area contributed by atoms with Crippen LogP contribution in [0, 0.1) is 5.82 Å². The molecule has 1 aromatic carbocycles. The van der Waals surface area contributed by atoms with Crippen LogP contribution < -0.4 is 10.5 Å². The molecule has 0 amide bonds. The standard InChI is InChI=1S/C17H24FNO2/c1-12(19)13-4-5-16(15(18)10-13)21-14-6-9-20-17(11-14)7-2-3-8-17/h4-5,10,12,14H,2-3,6-9,11,19H2,1H3/t12-,14?/m1/s1. The number of hydrogen-bond acceptors (Lipinski definition) is 3. The van der Waals surface area contributed by atoms with Crippen molar-refractivity contribution in [1.29, 1.82) is 0 Å². The minimum Gasteiger partial charge on any atom is -0.487 e. The van der Waals surface area contributed by atoms with E-state index in [1.807, 2.05) is 13.0 Å². The van der Waals surface area contributed by atoms with E-state index in [1.165, 1.54) is 18.9 Å². The van der Waals surface area contributed by atoms with E-state index in [0.717, 1.165) is 31.2 Å². The van der Waals surface area contributed by atoms with Crippen molar-refractivity contribution < 1.29 is 13.9 Å². The predicted molar refractivity (Wildman–Crippen MR) is 79.8 cm³/mol. The average molecular weight is 293 g/mol. The monoisotopic (exact) mass is 293 g/mol. The highest BCUT2D eigenvalue weighted by Crippen LogP contribution is 2.41. The van der Waals surface area contributed by atoms with E-state index >= 15 is 0 Å². The molecule has 1 unspecified atom stereocenters. The van der Waals surface area contributed by atoms with Crippen molar-refractivity contribution in [1.82, 2.24) is 0 Å². The highest BCUT2D eigenvalue weighted by atomic mass is 19.1. The van der Waals surface area contributed by atoms with E-state index in [4.69, 9.17) is 15.2 Å². The second-order valence-electron chi connectivity index (χ2n) is 6.45. The van der Waals surface area contributed by atoms with Crippen molar-refractivity contribution in [2.45, 2.75) is 63.2 Å². The van der Waals surface area contributed by atoms with Gasteiger partial charge >= 0.3 is 0 Å². The Hall–Kier alpha value is -1.13. The van der Waals surface area contributed by atoms with Crippen LogP contribution in [0.5, 0.6) is 5.75 Å². The molecule has 1 aliphatic heterocycles. The van der Waals surface area contributed by atoms with Gasteiger partial charge in [0, 0.05) is 18.9 Å². The molecule has 0 bridgehead atoms. The first-order valence-electron chi connectivity index (χ1n) is 7.94. The Morgan fingerprint density at radius 1 is 1.38 bits per heavy atom. The Morgan fingerprint density at radius 2 is 2.14 bits per heavy atom. The molecule has 1 saturated carbocycles. The van der Waals surface area contributed by atoms with E-state index in [0.29, 0.717) is 12.4 Å². The summed E-state index contributed by atoms with van der Waals surface area (Å²) in [6.45, 7) is 2.56. The summed E-state index contributed by atoms with van der Waals surface area (Å²) in [5.41, 5.74) is 6.55. The second kappa shape index (κ2) is 5.93. The molecule has 3 rings (SSSR count). The van der Waals surface area contributed by atoms with Gasteiger partial charge in [0.05, 0.1) is 12.2 Å². The molecular weight excluding hydrogens is 269 g/mol. The van der Waals surface area contributed by atoms with Gasteiger partial charge in [0.1, 0.15) is 6.10 Å². The quantitative estimate of drug-likeness (QED) is 0.924. The summed E-state index contributed by atoms with van der Waals surface area (Å²) in [6.07, 6.45) is 6.43. The molecule has 1 spiro atoms. The first-order valence-corrected chi connectivity index (χ1v) is 7.94. The average Bonchev–Trinajstić information content (AvgIpc) is 2.89. The first kappa shape index (κ1) is 14.8. The van der Waals surface area contributed by atoms with Gasteiger partial charge in [0.15, 0.2) is 11.6 Å². The molecule has 2 fully saturated rings. The summed E-state index contributed by atoms with van der Waals surface area (Å²) < 4.78 is 26.0. The summed E-state index contributed by atoms with van der Waals surface area (Å²) in [5.74, 6) is 0.0104. The lowest BCUT2D eigenvalue weighted by Gasteiger charge is -2.38. The van der Waals surface area contributed by atoms with Gasteiger partial charge < -0.3 is 15.2 Å². The largest absolute Gasteiger partial charge is 0.487 e. The fourth-order valence-corrected chi connectivity index (χ4v) is 3.53. The summed E-state index contributed by atoms with van der Waals surface area (Å²) in [5, 5.41) is 0. The van der Waals surface area contributed by atoms with Gasteiger partial charge in [0.25, 0.3) is 0 Å². The van der Waals surface area contributed by atoms with Crippen LogP contribution in [0.15, 0.2) is 18.2 Å². The highest BCUT2D eigenvalue weighted by molar-refractivity contribution is 5.31. The molecule has 0 radical (unpaired) electrons. The van der Waals surface area contributed by atoms with Crippen molar-refractivity contribution in [3.8, 4) is 5.75 Å². The molecule has 1 aromatic rings. The molecule has 2 aliphatic rings. The van der Waals surface area contributed by atoms with E-state index in [-0.39, 0.29) is 23.6 Å². The maximum absolute atomic E-state index is 14.1. The summed E-state index contributed by atoms with van der Waals surface area (Å²) in [7, 11) is 0. The molecule has 4 heteroatoms. The van der Waals surface area contributed by atoms with Gasteiger partial charge in [0.2, 0.25) is 0 Å². The first-order chi connectivity index (χ1) is 10.1. The third kappa shape index (κ3) is 3.22. The third-order valence-electron chi connectivity index (χ3n) is 4.74. The Kier molecular flexibility index (Phi) is 4.18. The zero-order chi connectivity index (χ0) is 14.9. The fourth-order valence-electron chi connectivity index (χ4n) is 3.53. The Balaban J connectivity index is 1.68. The van der Waals surface area contributed by atoms with Gasteiger partial charge in [-0.2, -0.15) is 0 Å². The van der Waals surface area contributed by atoms with Crippen LogP contribution in [0.4, 0.5) is 4.39 Å². The number of hydrogen-bond donors (Lipinski definition) is 1. The minimum absolute atomic E-state index is 0.00882. The van der Waals surface area contributed by atoms with E-state index in [2.05, 4.69) is 0 Å². The van der Waals surface area contributed by atoms with E-state index in [9.17, 15) is 4.39 Å². The van der Waals surface area contributed by atoms with Crippen LogP contribution in [0.2, 0.25) is 0 Å². The molecular formula is C17H24FNO2. The van der Waals surface area contributed by atoms with Gasteiger partial charge in [-0.25, -0.2) is 4.39 Å². The van der Waals surface area contributed by atoms with E-state index in [1.54, 1.807) is 6.07 Å². The third-order valence-corrected chi connectivity index (χ3v) is 4.74. The van der Waals surface area contributed by atoms with Crippen molar-refractivity contribution in [3.05, 3.63) is 29.6 Å². The molecule has 3 nitrogen and oxygen atoms in total. The van der Waals surface area contributed by atoms with Crippen molar-refractivity contribution in [2.75, 3.05) is 6.61 Å². The van der Waals surface area contributed by atoms with Crippen LogP contribution in [-0.4, -0.2) is 18.3 Å². The molecule has 2 atom stereocenters. The summed E-state index contributed by atoms with van der Waals surface area (Å²) in [4.78, 5) is 0. The fraction of sp³-hybridized carbons (Fsp3) is 0.647. The summed E-state index contributed by atoms with van der Waals surface area (Å²) in [6, 6.07) is 4.85. The molecule has 21 heavy (non-hydrogen) atoms. The van der Waals surface area contributed by atoms with Crippen molar-refractivity contribution in [3.63, 3.8) is 0 Å². The zero-order valence-corrected chi connectivity index (χ0v) is 12.6. The molecule has 2 N–H and O–H groups in total. The van der Waals surface area contributed by atoms with Crippen LogP contribution in [0.3, 0.4) is 0 Å². The zero-order valence-electron chi connectivity index (χ0n) is 12.6. The van der Waals surface area contributed by atoms with Crippen LogP contribution in [-0.2, 0) is 4.74 Å². The predicted octanol–water partition coefficient (Wildman–Crippen LogP) is 3.72. The highest BCUT2D eigenvalue weighted by Gasteiger charge is 2.40. The topological polar surface area (TPSA) is 44.5 Å². The lowest BCUT2D eigenvalue weighted by atomic mass is 9.90. The number of halogens is 1. The van der Waals surface area contributed by atoms with Gasteiger partial charge in [-0.05, 0) is 37.5 Å². The van der Waals surface area contributed by atoms with Crippen molar-refractivity contribution >= 4 is 0 Å². The number of ether oxygens (including phenoxy) is 2. The smallest absolute Gasteiger partial charge is 0.165 e. The van der Waals surface area contributed by atoms with Gasteiger partial charge in [-0.1, -0.05) is 18.9 Å². The van der Waals surface area contributed by atoms with Gasteiger partial charge in [-0.3, -0.25) is 0 Å². The number of benzene rings is 1. The SMILES string of the molecule is C[C@@H](N)c1ccc(OC2CCOC3(CCCC3)C2)c(F)c1. The van der Waals surface area contributed by atoms with E-state index < -0.39 is 0 Å². The van der Waals surface area contributed by atoms with Gasteiger partial charge in [-0.15, -0.1) is 0 Å². The lowest BCUT2D eigenvalue weighted by Crippen LogP contribution is -2.41. The number of rotatable bonds is 3. The second-order valence-corrected chi connectivity index (χ2v) is 6.45. The van der Waals surface area contributed by atoms with Crippen LogP contribution >= 0.6 is 0 Å². The van der Waals surface area contributed by atoms with Crippen molar-refractivity contribution in [2.24, 2.45) is 5.73 Å². The molecule has 0 aromatic heterocycles.